The van der Waals surface area contributed by atoms with E-state index in [1.165, 1.54) is 43.6 Å². The van der Waals surface area contributed by atoms with Crippen LogP contribution < -0.4 is 0 Å². The average Bonchev–Trinajstić information content (AvgIpc) is 3.11. The summed E-state index contributed by atoms with van der Waals surface area (Å²) in [5, 5.41) is 10.4. The molecule has 0 radical (unpaired) electrons. The molecule has 0 amide bonds. The lowest BCUT2D eigenvalue weighted by atomic mass is 10.1. The summed E-state index contributed by atoms with van der Waals surface area (Å²) in [6, 6.07) is 6.42. The van der Waals surface area contributed by atoms with Crippen molar-refractivity contribution < 1.29 is 27.4 Å². The number of benzene rings is 1. The van der Waals surface area contributed by atoms with Gasteiger partial charge >= 0.3 is 5.97 Å². The maximum Gasteiger partial charge on any atom is 0.354 e. The highest BCUT2D eigenvalue weighted by atomic mass is 32.2. The quantitative estimate of drug-likeness (QED) is 0.665. The first-order chi connectivity index (χ1) is 12.6. The minimum atomic E-state index is -3.97. The molecule has 0 saturated heterocycles. The molecule has 1 unspecified atom stereocenters. The van der Waals surface area contributed by atoms with Gasteiger partial charge in [-0.25, -0.2) is 17.6 Å². The van der Waals surface area contributed by atoms with Crippen LogP contribution >= 0.6 is 0 Å². The predicted molar refractivity (Wildman–Crippen MR) is 97.1 cm³/mol. The molecule has 2 N–H and O–H groups in total. The number of hydrogen-bond donors (Lipinski definition) is 2. The van der Waals surface area contributed by atoms with E-state index in [2.05, 4.69) is 9.72 Å². The van der Waals surface area contributed by atoms with Gasteiger partial charge in [0, 0.05) is 19.3 Å². The smallest absolute Gasteiger partial charge is 0.354 e. The Hall–Kier alpha value is -2.23. The summed E-state index contributed by atoms with van der Waals surface area (Å²) in [7, 11) is -2.77. The number of hydrogen-bond acceptors (Lipinski definition) is 5. The SMILES string of the molecule is COC(=O)c1cc(S(=O)(=O)N(CC(C)C)CC(O)c2ccc(F)cc2)c[nH]1. The number of H-pyrrole nitrogens is 1. The molecular weight excluding hydrogens is 375 g/mol. The fraction of sp³-hybridized carbons (Fsp3) is 0.389. The van der Waals surface area contributed by atoms with E-state index < -0.39 is 27.9 Å². The summed E-state index contributed by atoms with van der Waals surface area (Å²) in [6.07, 6.45) is 0.0808. The van der Waals surface area contributed by atoms with Crippen molar-refractivity contribution in [3.8, 4) is 0 Å². The second-order valence-corrected chi connectivity index (χ2v) is 8.46. The summed E-state index contributed by atoms with van der Waals surface area (Å²) < 4.78 is 44.8. The summed E-state index contributed by atoms with van der Waals surface area (Å²) in [5.74, 6) is -1.13. The Bertz CT molecular complexity index is 877. The molecule has 0 spiro atoms. The van der Waals surface area contributed by atoms with Crippen LogP contribution in [0.3, 0.4) is 0 Å². The van der Waals surface area contributed by atoms with Crippen molar-refractivity contribution in [2.45, 2.75) is 24.8 Å². The molecule has 7 nitrogen and oxygen atoms in total. The molecule has 148 valence electrons. The van der Waals surface area contributed by atoms with Gasteiger partial charge in [-0.2, -0.15) is 4.31 Å². The van der Waals surface area contributed by atoms with Crippen LogP contribution in [0, 0.1) is 11.7 Å². The molecule has 27 heavy (non-hydrogen) atoms. The van der Waals surface area contributed by atoms with Crippen molar-refractivity contribution in [2.75, 3.05) is 20.2 Å². The first-order valence-electron chi connectivity index (χ1n) is 8.35. The number of aromatic amines is 1. The van der Waals surface area contributed by atoms with Crippen LogP contribution in [0.2, 0.25) is 0 Å². The van der Waals surface area contributed by atoms with E-state index in [4.69, 9.17) is 0 Å². The van der Waals surface area contributed by atoms with Gasteiger partial charge in [0.25, 0.3) is 0 Å². The van der Waals surface area contributed by atoms with Crippen molar-refractivity contribution in [3.63, 3.8) is 0 Å². The number of esters is 1. The van der Waals surface area contributed by atoms with Gasteiger partial charge in [-0.3, -0.25) is 0 Å². The molecule has 0 aliphatic carbocycles. The Morgan fingerprint density at radius 3 is 2.44 bits per heavy atom. The average molecular weight is 398 g/mol. The van der Waals surface area contributed by atoms with Gasteiger partial charge in [0.15, 0.2) is 0 Å². The Kier molecular flexibility index (Phi) is 6.74. The molecule has 0 aliphatic heterocycles. The minimum Gasteiger partial charge on any atom is -0.464 e. The second kappa shape index (κ2) is 8.64. The highest BCUT2D eigenvalue weighted by molar-refractivity contribution is 7.89. The number of aliphatic hydroxyl groups excluding tert-OH is 1. The molecule has 1 aromatic heterocycles. The van der Waals surface area contributed by atoms with Crippen molar-refractivity contribution in [1.29, 1.82) is 0 Å². The Labute approximate surface area is 157 Å². The molecule has 0 aliphatic rings. The summed E-state index contributed by atoms with van der Waals surface area (Å²) >= 11 is 0. The van der Waals surface area contributed by atoms with E-state index in [1.807, 2.05) is 13.8 Å². The minimum absolute atomic E-state index is 0.000730. The van der Waals surface area contributed by atoms with E-state index in [0.29, 0.717) is 5.56 Å². The zero-order chi connectivity index (χ0) is 20.2. The Morgan fingerprint density at radius 2 is 1.89 bits per heavy atom. The number of sulfonamides is 1. The van der Waals surface area contributed by atoms with Gasteiger partial charge in [0.05, 0.1) is 13.2 Å². The summed E-state index contributed by atoms with van der Waals surface area (Å²) in [5.41, 5.74) is 0.421. The number of ether oxygens (including phenoxy) is 1. The highest BCUT2D eigenvalue weighted by Crippen LogP contribution is 2.23. The van der Waals surface area contributed by atoms with E-state index >= 15 is 0 Å². The van der Waals surface area contributed by atoms with Crippen LogP contribution in [0.15, 0.2) is 41.4 Å². The molecule has 2 rings (SSSR count). The topological polar surface area (TPSA) is 99.7 Å². The van der Waals surface area contributed by atoms with Crippen molar-refractivity contribution in [3.05, 3.63) is 53.6 Å². The van der Waals surface area contributed by atoms with E-state index in [0.717, 1.165) is 4.31 Å². The van der Waals surface area contributed by atoms with Gasteiger partial charge in [0.2, 0.25) is 10.0 Å². The Morgan fingerprint density at radius 1 is 1.26 bits per heavy atom. The molecule has 1 aromatic carbocycles. The maximum atomic E-state index is 13.1. The molecule has 0 saturated carbocycles. The Balaban J connectivity index is 2.29. The third-order valence-electron chi connectivity index (χ3n) is 3.90. The molecule has 1 heterocycles. The first kappa shape index (κ1) is 21.1. The van der Waals surface area contributed by atoms with Gasteiger partial charge in [-0.1, -0.05) is 26.0 Å². The zero-order valence-corrected chi connectivity index (χ0v) is 16.2. The fourth-order valence-electron chi connectivity index (χ4n) is 2.56. The van der Waals surface area contributed by atoms with Crippen molar-refractivity contribution >= 4 is 16.0 Å². The normalized spacial score (nSPS) is 13.1. The largest absolute Gasteiger partial charge is 0.464 e. The van der Waals surface area contributed by atoms with Crippen LogP contribution in [0.1, 0.15) is 36.0 Å². The number of halogens is 1. The van der Waals surface area contributed by atoms with Crippen molar-refractivity contribution in [2.24, 2.45) is 5.92 Å². The zero-order valence-electron chi connectivity index (χ0n) is 15.3. The van der Waals surface area contributed by atoms with Gasteiger partial charge in [-0.05, 0) is 29.7 Å². The standard InChI is InChI=1S/C18H23FN2O5S/c1-12(2)10-21(11-17(22)13-4-6-14(19)7-5-13)27(24,25)15-8-16(20-9-15)18(23)26-3/h4-9,12,17,20,22H,10-11H2,1-3H3. The summed E-state index contributed by atoms with van der Waals surface area (Å²) in [4.78, 5) is 14.0. The van der Waals surface area contributed by atoms with Crippen LogP contribution in [0.4, 0.5) is 4.39 Å². The molecule has 9 heteroatoms. The number of nitrogens with one attached hydrogen (secondary N) is 1. The van der Waals surface area contributed by atoms with Gasteiger partial charge in [0.1, 0.15) is 16.4 Å². The lowest BCUT2D eigenvalue weighted by molar-refractivity contribution is 0.0594. The van der Waals surface area contributed by atoms with Crippen LogP contribution in [-0.4, -0.2) is 49.0 Å². The third-order valence-corrected chi connectivity index (χ3v) is 5.71. The third kappa shape index (κ3) is 5.15. The molecule has 2 aromatic rings. The van der Waals surface area contributed by atoms with E-state index in [1.54, 1.807) is 0 Å². The molecule has 1 atom stereocenters. The van der Waals surface area contributed by atoms with Crippen LogP contribution in [0.25, 0.3) is 0 Å². The molecule has 0 fully saturated rings. The van der Waals surface area contributed by atoms with E-state index in [-0.39, 0.29) is 29.6 Å². The van der Waals surface area contributed by atoms with Crippen LogP contribution in [-0.2, 0) is 14.8 Å². The number of rotatable bonds is 8. The monoisotopic (exact) mass is 398 g/mol. The number of nitrogens with zero attached hydrogens (tertiary/aromatic N) is 1. The van der Waals surface area contributed by atoms with E-state index in [9.17, 15) is 22.7 Å². The summed E-state index contributed by atoms with van der Waals surface area (Å²) in [6.45, 7) is 3.66. The lowest BCUT2D eigenvalue weighted by Gasteiger charge is -2.26. The number of methoxy groups -OCH3 is 1. The highest BCUT2D eigenvalue weighted by Gasteiger charge is 2.29. The lowest BCUT2D eigenvalue weighted by Crippen LogP contribution is -2.37. The fourth-order valence-corrected chi connectivity index (χ4v) is 4.17. The first-order valence-corrected chi connectivity index (χ1v) is 9.79. The number of carbonyl (C=O) groups is 1. The number of carbonyl (C=O) groups excluding carboxylic acids is 1. The van der Waals surface area contributed by atoms with Gasteiger partial charge in [-0.15, -0.1) is 0 Å². The second-order valence-electron chi connectivity index (χ2n) is 6.52. The number of aromatic nitrogens is 1. The van der Waals surface area contributed by atoms with Gasteiger partial charge < -0.3 is 14.8 Å². The maximum absolute atomic E-state index is 13.1. The predicted octanol–water partition coefficient (Wildman–Crippen LogP) is 2.32. The number of aliphatic hydroxyl groups is 1. The van der Waals surface area contributed by atoms with Crippen LogP contribution in [0.5, 0.6) is 0 Å². The molecular formula is C18H23FN2O5S. The molecule has 0 bridgehead atoms. The van der Waals surface area contributed by atoms with Crippen molar-refractivity contribution in [1.82, 2.24) is 9.29 Å².